The minimum Gasteiger partial charge on any atom is -0.349 e. The summed E-state index contributed by atoms with van der Waals surface area (Å²) in [5, 5.41) is 10.0. The molecule has 5 rings (SSSR count). The van der Waals surface area contributed by atoms with E-state index in [1.54, 1.807) is 5.48 Å². The van der Waals surface area contributed by atoms with Gasteiger partial charge in [-0.1, -0.05) is 0 Å². The fourth-order valence-corrected chi connectivity index (χ4v) is 5.10. The zero-order valence-electron chi connectivity index (χ0n) is 18.1. The molecule has 0 aliphatic carbocycles. The first-order chi connectivity index (χ1) is 15.1. The molecule has 0 saturated carbocycles. The van der Waals surface area contributed by atoms with Gasteiger partial charge in [0.05, 0.1) is 17.3 Å². The number of carbonyl (C=O) groups is 1. The van der Waals surface area contributed by atoms with Crippen LogP contribution in [0.25, 0.3) is 10.9 Å². The van der Waals surface area contributed by atoms with E-state index in [0.29, 0.717) is 11.4 Å². The summed E-state index contributed by atoms with van der Waals surface area (Å²) in [5.41, 5.74) is 4.76. The minimum absolute atomic E-state index is 0. The van der Waals surface area contributed by atoms with Gasteiger partial charge < -0.3 is 9.47 Å². The molecule has 5 heterocycles. The first kappa shape index (κ1) is 22.4. The monoisotopic (exact) mass is 457 g/mol. The van der Waals surface area contributed by atoms with Gasteiger partial charge in [-0.15, -0.1) is 12.4 Å². The third-order valence-corrected chi connectivity index (χ3v) is 6.90. The number of rotatable bonds is 4. The molecular weight excluding hydrogens is 430 g/mol. The molecule has 2 N–H and O–H groups in total. The average Bonchev–Trinajstić information content (AvgIpc) is 3.35. The highest BCUT2D eigenvalue weighted by Crippen LogP contribution is 2.41. The van der Waals surface area contributed by atoms with Crippen LogP contribution >= 0.6 is 12.4 Å². The van der Waals surface area contributed by atoms with E-state index in [-0.39, 0.29) is 18.0 Å². The topological polar surface area (TPSA) is 99.4 Å². The Kier molecular flexibility index (Phi) is 6.32. The zero-order valence-corrected chi connectivity index (χ0v) is 18.9. The van der Waals surface area contributed by atoms with Crippen LogP contribution in [0.1, 0.15) is 35.2 Å². The summed E-state index contributed by atoms with van der Waals surface area (Å²) in [7, 11) is 2.08. The molecular formula is C22H28ClN7O2. The second-order valence-corrected chi connectivity index (χ2v) is 8.82. The van der Waals surface area contributed by atoms with Crippen molar-refractivity contribution >= 4 is 35.2 Å². The molecule has 10 heteroatoms. The Hall–Kier alpha value is -2.75. The number of pyridine rings is 1. The summed E-state index contributed by atoms with van der Waals surface area (Å²) in [4.78, 5) is 29.1. The van der Waals surface area contributed by atoms with E-state index in [2.05, 4.69) is 48.6 Å². The molecule has 3 aromatic heterocycles. The number of aryl methyl sites for hydroxylation is 1. The molecule has 170 valence electrons. The molecule has 0 atom stereocenters. The molecule has 32 heavy (non-hydrogen) atoms. The normalized spacial score (nSPS) is 18.1. The molecule has 2 aliphatic heterocycles. The molecule has 0 aromatic carbocycles. The largest absolute Gasteiger partial charge is 0.349 e. The maximum Gasteiger partial charge on any atom is 0.277 e. The molecule has 1 amide bonds. The molecule has 2 aliphatic rings. The lowest BCUT2D eigenvalue weighted by atomic mass is 9.78. The van der Waals surface area contributed by atoms with Crippen molar-refractivity contribution in [1.29, 1.82) is 0 Å². The van der Waals surface area contributed by atoms with E-state index in [1.807, 2.05) is 12.4 Å². The summed E-state index contributed by atoms with van der Waals surface area (Å²) < 4.78 is 2.16. The van der Waals surface area contributed by atoms with Gasteiger partial charge in [0.1, 0.15) is 0 Å². The Labute approximate surface area is 192 Å². The summed E-state index contributed by atoms with van der Waals surface area (Å²) in [6.45, 7) is 5.06. The number of halogens is 1. The number of aromatic nitrogens is 4. The zero-order chi connectivity index (χ0) is 21.4. The van der Waals surface area contributed by atoms with E-state index in [9.17, 15) is 4.79 Å². The molecule has 0 radical (unpaired) electrons. The number of nitrogens with zero attached hydrogens (tertiary/aromatic N) is 6. The van der Waals surface area contributed by atoms with Crippen LogP contribution in [0, 0.1) is 5.41 Å². The van der Waals surface area contributed by atoms with Gasteiger partial charge in [0.15, 0.2) is 0 Å². The fraction of sp³-hybridized carbons (Fsp3) is 0.455. The van der Waals surface area contributed by atoms with Crippen LogP contribution in [-0.2, 0) is 13.6 Å². The van der Waals surface area contributed by atoms with Crippen LogP contribution in [-0.4, -0.2) is 61.7 Å². The molecule has 3 aromatic rings. The quantitative estimate of drug-likeness (QED) is 0.458. The molecule has 2 saturated heterocycles. The van der Waals surface area contributed by atoms with Crippen molar-refractivity contribution in [2.45, 2.75) is 25.8 Å². The van der Waals surface area contributed by atoms with E-state index in [1.165, 1.54) is 35.3 Å². The van der Waals surface area contributed by atoms with Gasteiger partial charge in [0, 0.05) is 63.4 Å². The second-order valence-electron chi connectivity index (χ2n) is 8.82. The Morgan fingerprint density at radius 1 is 1.16 bits per heavy atom. The lowest BCUT2D eigenvalue weighted by Gasteiger charge is -2.39. The maximum absolute atomic E-state index is 11.4. The van der Waals surface area contributed by atoms with Crippen molar-refractivity contribution in [3.63, 3.8) is 0 Å². The van der Waals surface area contributed by atoms with Crippen molar-refractivity contribution in [3.05, 3.63) is 48.2 Å². The van der Waals surface area contributed by atoms with Crippen molar-refractivity contribution in [1.82, 2.24) is 29.9 Å². The van der Waals surface area contributed by atoms with E-state index in [0.717, 1.165) is 45.6 Å². The van der Waals surface area contributed by atoms with Gasteiger partial charge in [-0.3, -0.25) is 19.9 Å². The van der Waals surface area contributed by atoms with E-state index in [4.69, 9.17) is 5.21 Å². The SMILES string of the molecule is Cl.Cn1cc(CN2CCC3(CCN(c4ncc(C(=O)NO)cn4)CC3)C2)c2ccncc21. The van der Waals surface area contributed by atoms with Crippen molar-refractivity contribution in [3.8, 4) is 0 Å². The Morgan fingerprint density at radius 2 is 1.88 bits per heavy atom. The number of amides is 1. The minimum atomic E-state index is -0.599. The molecule has 0 unspecified atom stereocenters. The standard InChI is InChI=1S/C22H27N7O2.ClH/c1-27-13-17(18-2-6-23-12-19(18)27)14-28-7-3-22(15-28)4-8-29(9-5-22)21-24-10-16(11-25-21)20(30)26-31;/h2,6,10-13,31H,3-5,7-9,14-15H2,1H3,(H,26,30);1H. The Bertz CT molecular complexity index is 1090. The van der Waals surface area contributed by atoms with E-state index < -0.39 is 5.91 Å². The van der Waals surface area contributed by atoms with Gasteiger partial charge in [-0.2, -0.15) is 0 Å². The third kappa shape index (κ3) is 4.15. The highest BCUT2D eigenvalue weighted by atomic mass is 35.5. The number of anilines is 1. The summed E-state index contributed by atoms with van der Waals surface area (Å²) in [6.07, 6.45) is 12.4. The predicted molar refractivity (Wildman–Crippen MR) is 123 cm³/mol. The third-order valence-electron chi connectivity index (χ3n) is 6.90. The second kappa shape index (κ2) is 9.01. The first-order valence-corrected chi connectivity index (χ1v) is 10.7. The van der Waals surface area contributed by atoms with Crippen LogP contribution in [0.5, 0.6) is 0 Å². The maximum atomic E-state index is 11.4. The molecule has 2 fully saturated rings. The van der Waals surface area contributed by atoms with Gasteiger partial charge in [-0.05, 0) is 42.9 Å². The van der Waals surface area contributed by atoms with Gasteiger partial charge in [0.2, 0.25) is 5.95 Å². The average molecular weight is 458 g/mol. The number of fused-ring (bicyclic) bond motifs is 1. The van der Waals surface area contributed by atoms with Crippen molar-refractivity contribution < 1.29 is 10.0 Å². The smallest absolute Gasteiger partial charge is 0.277 e. The number of likely N-dealkylation sites (tertiary alicyclic amines) is 1. The first-order valence-electron chi connectivity index (χ1n) is 10.7. The number of hydroxylamine groups is 1. The van der Waals surface area contributed by atoms with Gasteiger partial charge in [-0.25, -0.2) is 15.4 Å². The number of hydrogen-bond acceptors (Lipinski definition) is 7. The van der Waals surface area contributed by atoms with Crippen LogP contribution < -0.4 is 10.4 Å². The lowest BCUT2D eigenvalue weighted by molar-refractivity contribution is 0.0705. The van der Waals surface area contributed by atoms with Crippen LogP contribution in [0.3, 0.4) is 0 Å². The lowest BCUT2D eigenvalue weighted by Crippen LogP contribution is -2.42. The van der Waals surface area contributed by atoms with Crippen LogP contribution in [0.15, 0.2) is 37.1 Å². The highest BCUT2D eigenvalue weighted by molar-refractivity contribution is 5.92. The highest BCUT2D eigenvalue weighted by Gasteiger charge is 2.41. The number of hydrogen-bond donors (Lipinski definition) is 2. The van der Waals surface area contributed by atoms with E-state index >= 15 is 0 Å². The number of nitrogens with one attached hydrogen (secondary N) is 1. The predicted octanol–water partition coefficient (Wildman–Crippen LogP) is 2.40. The van der Waals surface area contributed by atoms with Crippen LogP contribution in [0.2, 0.25) is 0 Å². The van der Waals surface area contributed by atoms with Gasteiger partial charge in [0.25, 0.3) is 5.91 Å². The summed E-state index contributed by atoms with van der Waals surface area (Å²) >= 11 is 0. The molecule has 9 nitrogen and oxygen atoms in total. The molecule has 0 bridgehead atoms. The van der Waals surface area contributed by atoms with Crippen molar-refractivity contribution in [2.24, 2.45) is 12.5 Å². The molecule has 1 spiro atoms. The summed E-state index contributed by atoms with van der Waals surface area (Å²) in [6, 6.07) is 2.12. The van der Waals surface area contributed by atoms with Gasteiger partial charge >= 0.3 is 0 Å². The fourth-order valence-electron chi connectivity index (χ4n) is 5.10. The van der Waals surface area contributed by atoms with Crippen LogP contribution in [0.4, 0.5) is 5.95 Å². The Morgan fingerprint density at radius 3 is 2.59 bits per heavy atom. The Balaban J connectivity index is 0.00000245. The summed E-state index contributed by atoms with van der Waals surface area (Å²) in [5.74, 6) is 0.0428. The number of piperidine rings is 1. The number of carbonyl (C=O) groups excluding carboxylic acids is 1. The van der Waals surface area contributed by atoms with Crippen molar-refractivity contribution in [2.75, 3.05) is 31.1 Å².